The van der Waals surface area contributed by atoms with Crippen LogP contribution < -0.4 is 10.0 Å². The average molecular weight is 262 g/mol. The lowest BCUT2D eigenvalue weighted by Gasteiger charge is -2.41. The van der Waals surface area contributed by atoms with Crippen molar-refractivity contribution in [3.63, 3.8) is 0 Å². The Bertz CT molecular complexity index is 530. The Morgan fingerprint density at radius 2 is 1.65 bits per heavy atom. The van der Waals surface area contributed by atoms with Crippen LogP contribution in [0.5, 0.6) is 0 Å². The molecule has 0 bridgehead atoms. The predicted molar refractivity (Wildman–Crippen MR) is 77.6 cm³/mol. The van der Waals surface area contributed by atoms with Gasteiger partial charge >= 0.3 is 0 Å². The van der Waals surface area contributed by atoms with E-state index in [1.165, 1.54) is 15.5 Å². The van der Waals surface area contributed by atoms with E-state index in [-0.39, 0.29) is 0 Å². The fourth-order valence-corrected chi connectivity index (χ4v) is 5.19. The van der Waals surface area contributed by atoms with Crippen molar-refractivity contribution in [3.05, 3.63) is 54.6 Å². The van der Waals surface area contributed by atoms with Crippen molar-refractivity contribution >= 4 is 26.6 Å². The molecule has 0 spiro atoms. The zero-order valence-corrected chi connectivity index (χ0v) is 11.0. The molecule has 4 heteroatoms. The first-order chi connectivity index (χ1) is 8.31. The molecular weight excluding hydrogens is 248 g/mol. The lowest BCUT2D eigenvalue weighted by Crippen LogP contribution is -2.29. The fourth-order valence-electron chi connectivity index (χ4n) is 2.01. The molecule has 2 aromatic rings. The fraction of sp³-hybridized carbons (Fsp3) is 0.0769. The second-order valence-corrected chi connectivity index (χ2v) is 7.89. The first kappa shape index (κ1) is 11.0. The van der Waals surface area contributed by atoms with Gasteiger partial charge in [0.2, 0.25) is 0 Å². The van der Waals surface area contributed by atoms with Crippen LogP contribution >= 0.6 is 20.9 Å². The molecule has 0 fully saturated rings. The molecule has 0 aromatic heterocycles. The smallest absolute Gasteiger partial charge is 0.0745 e. The zero-order chi connectivity index (χ0) is 11.7. The molecule has 3 rings (SSSR count). The normalized spacial score (nSPS) is 26.4. The van der Waals surface area contributed by atoms with Gasteiger partial charge in [0, 0.05) is 15.5 Å². The number of thiol groups is 1. The number of hydrogen-bond donors (Lipinski definition) is 3. The molecule has 17 heavy (non-hydrogen) atoms. The maximum absolute atomic E-state index is 4.95. The summed E-state index contributed by atoms with van der Waals surface area (Å²) in [5, 5.41) is 3.35. The summed E-state index contributed by atoms with van der Waals surface area (Å²) < 4.78 is 3.50. The van der Waals surface area contributed by atoms with Crippen molar-refractivity contribution in [1.82, 2.24) is 4.72 Å². The van der Waals surface area contributed by atoms with Gasteiger partial charge < -0.3 is 5.32 Å². The highest BCUT2D eigenvalue weighted by molar-refractivity contribution is 8.87. The van der Waals surface area contributed by atoms with Crippen LogP contribution in [0.3, 0.4) is 0 Å². The van der Waals surface area contributed by atoms with Gasteiger partial charge in [-0.05, 0) is 24.3 Å². The van der Waals surface area contributed by atoms with E-state index in [1.807, 2.05) is 6.07 Å². The highest BCUT2D eigenvalue weighted by Gasteiger charge is 2.29. The van der Waals surface area contributed by atoms with Gasteiger partial charge in [-0.25, -0.2) is 4.72 Å². The summed E-state index contributed by atoms with van der Waals surface area (Å²) in [6.45, 7) is 0.755. The molecule has 1 atom stereocenters. The van der Waals surface area contributed by atoms with Gasteiger partial charge in [-0.15, -0.1) is 11.7 Å². The Hall–Kier alpha value is -1.10. The maximum atomic E-state index is 4.95. The second kappa shape index (κ2) is 4.29. The van der Waals surface area contributed by atoms with Crippen LogP contribution in [0.1, 0.15) is 0 Å². The number of anilines is 1. The summed E-state index contributed by atoms with van der Waals surface area (Å²) in [6.07, 6.45) is 0. The Morgan fingerprint density at radius 3 is 2.47 bits per heavy atom. The van der Waals surface area contributed by atoms with Crippen LogP contribution in [0.4, 0.5) is 5.69 Å². The Labute approximate surface area is 108 Å². The minimum atomic E-state index is -1.40. The molecule has 2 nitrogen and oxygen atoms in total. The van der Waals surface area contributed by atoms with E-state index in [1.54, 1.807) is 0 Å². The molecule has 0 saturated heterocycles. The van der Waals surface area contributed by atoms with Gasteiger partial charge in [-0.1, -0.05) is 39.6 Å². The lowest BCUT2D eigenvalue weighted by atomic mass is 10.3. The number of nitrogens with one attached hydrogen (secondary N) is 2. The molecule has 1 heterocycles. The van der Waals surface area contributed by atoms with E-state index < -0.39 is 9.25 Å². The number of rotatable bonds is 1. The average Bonchev–Trinajstić information content (AvgIpc) is 2.40. The second-order valence-electron chi connectivity index (χ2n) is 3.89. The molecule has 2 aromatic carbocycles. The lowest BCUT2D eigenvalue weighted by molar-refractivity contribution is 0.989. The summed E-state index contributed by atoms with van der Waals surface area (Å²) in [5.41, 5.74) is 1.18. The quantitative estimate of drug-likeness (QED) is 0.540. The van der Waals surface area contributed by atoms with Crippen molar-refractivity contribution in [2.24, 2.45) is 0 Å². The van der Waals surface area contributed by atoms with Crippen molar-refractivity contribution in [2.45, 2.75) is 9.79 Å². The number of hydrogen-bond acceptors (Lipinski definition) is 3. The molecule has 2 N–H and O–H groups in total. The van der Waals surface area contributed by atoms with E-state index in [4.69, 9.17) is 11.7 Å². The van der Waals surface area contributed by atoms with Crippen LogP contribution in [0.2, 0.25) is 0 Å². The van der Waals surface area contributed by atoms with Crippen LogP contribution in [0.15, 0.2) is 64.4 Å². The topological polar surface area (TPSA) is 24.1 Å². The van der Waals surface area contributed by atoms with E-state index in [9.17, 15) is 0 Å². The third-order valence-corrected chi connectivity index (χ3v) is 6.97. The number of fused-ring (bicyclic) bond motifs is 1. The molecule has 1 aliphatic heterocycles. The number of benzene rings is 2. The molecule has 1 unspecified atom stereocenters. The molecule has 0 amide bonds. The molecule has 0 radical (unpaired) electrons. The van der Waals surface area contributed by atoms with Gasteiger partial charge in [0.15, 0.2) is 0 Å². The van der Waals surface area contributed by atoms with Crippen LogP contribution in [0, 0.1) is 0 Å². The van der Waals surface area contributed by atoms with Crippen LogP contribution in [-0.4, -0.2) is 6.67 Å². The third-order valence-electron chi connectivity index (χ3n) is 2.85. The summed E-state index contributed by atoms with van der Waals surface area (Å²) in [7, 11) is -1.40. The first-order valence-electron chi connectivity index (χ1n) is 5.49. The number of para-hydroxylation sites is 1. The summed E-state index contributed by atoms with van der Waals surface area (Å²) in [4.78, 5) is 2.50. The molecular formula is C13H14N2S2. The summed E-state index contributed by atoms with van der Waals surface area (Å²) in [5.74, 6) is 0. The predicted octanol–water partition coefficient (Wildman–Crippen LogP) is 3.64. The van der Waals surface area contributed by atoms with Crippen molar-refractivity contribution < 1.29 is 0 Å². The van der Waals surface area contributed by atoms with Crippen molar-refractivity contribution in [2.75, 3.05) is 12.0 Å². The highest BCUT2D eigenvalue weighted by atomic mass is 33.1. The van der Waals surface area contributed by atoms with Crippen molar-refractivity contribution in [1.29, 1.82) is 0 Å². The minimum Gasteiger partial charge on any atom is -0.371 e. The highest BCUT2D eigenvalue weighted by Crippen LogP contribution is 2.65. The first-order valence-corrected chi connectivity index (χ1v) is 8.18. The van der Waals surface area contributed by atoms with Crippen molar-refractivity contribution in [3.8, 4) is 0 Å². The largest absolute Gasteiger partial charge is 0.371 e. The van der Waals surface area contributed by atoms with Gasteiger partial charge in [-0.2, -0.15) is 0 Å². The monoisotopic (exact) mass is 262 g/mol. The summed E-state index contributed by atoms with van der Waals surface area (Å²) >= 11 is 4.95. The zero-order valence-electron chi connectivity index (χ0n) is 9.26. The van der Waals surface area contributed by atoms with E-state index in [2.05, 4.69) is 58.6 Å². The molecule has 0 aliphatic carbocycles. The van der Waals surface area contributed by atoms with E-state index >= 15 is 0 Å². The Balaban J connectivity index is 2.16. The minimum absolute atomic E-state index is 0.755. The van der Waals surface area contributed by atoms with Gasteiger partial charge in [0.05, 0.1) is 6.67 Å². The van der Waals surface area contributed by atoms with Gasteiger partial charge in [0.25, 0.3) is 0 Å². The molecule has 0 saturated carbocycles. The standard InChI is InChI=1S/C13H14N2S2/c16-17(11-6-2-1-3-7-11)13-9-5-4-8-12(13)14-10-15-17/h1-9,14-16H,10H2. The maximum Gasteiger partial charge on any atom is 0.0745 e. The molecule has 1 aliphatic rings. The van der Waals surface area contributed by atoms with E-state index in [0.29, 0.717) is 0 Å². The van der Waals surface area contributed by atoms with Gasteiger partial charge in [-0.3, -0.25) is 0 Å². The van der Waals surface area contributed by atoms with Gasteiger partial charge in [0.1, 0.15) is 0 Å². The third kappa shape index (κ3) is 1.82. The Morgan fingerprint density at radius 1 is 0.941 bits per heavy atom. The van der Waals surface area contributed by atoms with Crippen LogP contribution in [0.25, 0.3) is 0 Å². The SMILES string of the molecule is SS1(c2ccccc2)NCNc2ccccc21. The Kier molecular flexibility index (Phi) is 2.78. The van der Waals surface area contributed by atoms with Crippen LogP contribution in [-0.2, 0) is 0 Å². The molecule has 88 valence electrons. The van der Waals surface area contributed by atoms with E-state index in [0.717, 1.165) is 6.67 Å². The summed E-state index contributed by atoms with van der Waals surface area (Å²) in [6, 6.07) is 18.8.